The average molecular weight is 361 g/mol. The minimum Gasteiger partial charge on any atom is -0.493 e. The van der Waals surface area contributed by atoms with Gasteiger partial charge in [0.05, 0.1) is 12.5 Å². The maximum absolute atomic E-state index is 12.4. The van der Waals surface area contributed by atoms with E-state index in [1.807, 2.05) is 25.1 Å². The van der Waals surface area contributed by atoms with E-state index in [1.54, 1.807) is 0 Å². The number of hydrogen-bond acceptors (Lipinski definition) is 3. The average Bonchev–Trinajstić information content (AvgIpc) is 2.60. The highest BCUT2D eigenvalue weighted by Gasteiger charge is 2.29. The quantitative estimate of drug-likeness (QED) is 0.736. The number of aryl methyl sites for hydroxylation is 1. The van der Waals surface area contributed by atoms with Gasteiger partial charge >= 0.3 is 5.97 Å². The zero-order valence-corrected chi connectivity index (χ0v) is 16.1. The van der Waals surface area contributed by atoms with E-state index in [0.717, 1.165) is 23.3 Å². The van der Waals surface area contributed by atoms with Crippen LogP contribution in [0.2, 0.25) is 0 Å². The highest BCUT2D eigenvalue weighted by molar-refractivity contribution is 5.79. The molecule has 0 heterocycles. The van der Waals surface area contributed by atoms with Crippen LogP contribution in [0.1, 0.15) is 57.1 Å². The molecule has 0 atom stereocenters. The number of ether oxygens (including phenoxy) is 1. The number of benzene rings is 1. The Labute approximate surface area is 156 Å². The van der Waals surface area contributed by atoms with Crippen LogP contribution in [0.5, 0.6) is 5.75 Å². The number of carbonyl (C=O) groups is 2. The number of nitrogens with one attached hydrogen (secondary N) is 1. The summed E-state index contributed by atoms with van der Waals surface area (Å²) in [6, 6.07) is 6.04. The Bertz CT molecular complexity index is 618. The molecule has 1 aromatic rings. The summed E-state index contributed by atoms with van der Waals surface area (Å²) in [7, 11) is 0. The van der Waals surface area contributed by atoms with Crippen LogP contribution in [0.3, 0.4) is 0 Å². The second-order valence-corrected chi connectivity index (χ2v) is 7.75. The van der Waals surface area contributed by atoms with Crippen LogP contribution in [-0.2, 0) is 16.1 Å². The highest BCUT2D eigenvalue weighted by Crippen LogP contribution is 2.29. The molecule has 0 spiro atoms. The SMILES string of the molecule is Cc1ccc(CNC(=O)C2CCC(C(=O)O)CC2)c(OCCC(C)C)c1. The molecular formula is C21H31NO4. The van der Waals surface area contributed by atoms with Crippen LogP contribution in [0, 0.1) is 24.7 Å². The van der Waals surface area contributed by atoms with E-state index < -0.39 is 5.97 Å². The van der Waals surface area contributed by atoms with Crippen molar-refractivity contribution in [2.24, 2.45) is 17.8 Å². The number of carboxylic acids is 1. The third-order valence-electron chi connectivity index (χ3n) is 5.08. The lowest BCUT2D eigenvalue weighted by Crippen LogP contribution is -2.34. The largest absolute Gasteiger partial charge is 0.493 e. The fourth-order valence-corrected chi connectivity index (χ4v) is 3.28. The fraction of sp³-hybridized carbons (Fsp3) is 0.619. The molecule has 1 aliphatic rings. The van der Waals surface area contributed by atoms with Crippen LogP contribution in [-0.4, -0.2) is 23.6 Å². The van der Waals surface area contributed by atoms with E-state index >= 15 is 0 Å². The van der Waals surface area contributed by atoms with Crippen molar-refractivity contribution in [3.63, 3.8) is 0 Å². The second kappa shape index (κ2) is 9.60. The van der Waals surface area contributed by atoms with Gasteiger partial charge in [-0.1, -0.05) is 26.0 Å². The molecule has 0 bridgehead atoms. The number of aliphatic carboxylic acids is 1. The van der Waals surface area contributed by atoms with Gasteiger partial charge in [-0.3, -0.25) is 9.59 Å². The molecule has 144 valence electrons. The molecular weight excluding hydrogens is 330 g/mol. The third kappa shape index (κ3) is 6.04. The number of rotatable bonds is 8. The van der Waals surface area contributed by atoms with Gasteiger partial charge in [-0.25, -0.2) is 0 Å². The Morgan fingerprint density at radius 2 is 1.85 bits per heavy atom. The summed E-state index contributed by atoms with van der Waals surface area (Å²) >= 11 is 0. The van der Waals surface area contributed by atoms with Crippen molar-refractivity contribution in [2.45, 2.75) is 59.4 Å². The van der Waals surface area contributed by atoms with Gasteiger partial charge in [0.15, 0.2) is 0 Å². The first kappa shape index (κ1) is 20.3. The zero-order valence-electron chi connectivity index (χ0n) is 16.1. The number of carbonyl (C=O) groups excluding carboxylic acids is 1. The van der Waals surface area contributed by atoms with Crippen LogP contribution in [0.25, 0.3) is 0 Å². The fourth-order valence-electron chi connectivity index (χ4n) is 3.28. The van der Waals surface area contributed by atoms with Crippen molar-refractivity contribution in [1.29, 1.82) is 0 Å². The number of hydrogen-bond donors (Lipinski definition) is 2. The standard InChI is InChI=1S/C21H31NO4/c1-14(2)10-11-26-19-12-15(3)4-5-18(19)13-22-20(23)16-6-8-17(9-7-16)21(24)25/h4-5,12,14,16-17H,6-11,13H2,1-3H3,(H,22,23)(H,24,25). The Balaban J connectivity index is 1.88. The van der Waals surface area contributed by atoms with Gasteiger partial charge in [0.25, 0.3) is 0 Å². The van der Waals surface area contributed by atoms with Gasteiger partial charge in [0.2, 0.25) is 5.91 Å². The maximum Gasteiger partial charge on any atom is 0.306 e. The molecule has 2 N–H and O–H groups in total. The normalized spacial score (nSPS) is 20.0. The molecule has 1 saturated carbocycles. The van der Waals surface area contributed by atoms with Crippen LogP contribution in [0.4, 0.5) is 0 Å². The van der Waals surface area contributed by atoms with Crippen molar-refractivity contribution in [3.05, 3.63) is 29.3 Å². The molecule has 1 amide bonds. The van der Waals surface area contributed by atoms with Gasteiger partial charge in [0, 0.05) is 18.0 Å². The number of amides is 1. The van der Waals surface area contributed by atoms with E-state index in [9.17, 15) is 9.59 Å². The summed E-state index contributed by atoms with van der Waals surface area (Å²) in [5, 5.41) is 12.1. The van der Waals surface area contributed by atoms with Crippen molar-refractivity contribution < 1.29 is 19.4 Å². The summed E-state index contributed by atoms with van der Waals surface area (Å²) in [6.07, 6.45) is 3.46. The first-order chi connectivity index (χ1) is 12.4. The van der Waals surface area contributed by atoms with E-state index in [1.165, 1.54) is 0 Å². The topological polar surface area (TPSA) is 75.6 Å². The molecule has 0 unspecified atom stereocenters. The highest BCUT2D eigenvalue weighted by atomic mass is 16.5. The Kier molecular flexibility index (Phi) is 7.49. The van der Waals surface area contributed by atoms with Crippen molar-refractivity contribution >= 4 is 11.9 Å². The summed E-state index contributed by atoms with van der Waals surface area (Å²) in [4.78, 5) is 23.5. The summed E-state index contributed by atoms with van der Waals surface area (Å²) in [6.45, 7) is 7.47. The zero-order chi connectivity index (χ0) is 19.1. The molecule has 1 fully saturated rings. The van der Waals surface area contributed by atoms with Gasteiger partial charge in [-0.2, -0.15) is 0 Å². The maximum atomic E-state index is 12.4. The summed E-state index contributed by atoms with van der Waals surface area (Å²) in [5.74, 6) is 0.317. The molecule has 0 aliphatic heterocycles. The smallest absolute Gasteiger partial charge is 0.306 e. The van der Waals surface area contributed by atoms with Gasteiger partial charge in [-0.15, -0.1) is 0 Å². The molecule has 26 heavy (non-hydrogen) atoms. The lowest BCUT2D eigenvalue weighted by molar-refractivity contribution is -0.144. The van der Waals surface area contributed by atoms with Gasteiger partial charge in [-0.05, 0) is 56.6 Å². The van der Waals surface area contributed by atoms with Crippen LogP contribution >= 0.6 is 0 Å². The minimum absolute atomic E-state index is 0.0162. The monoisotopic (exact) mass is 361 g/mol. The molecule has 0 aromatic heterocycles. The minimum atomic E-state index is -0.744. The Morgan fingerprint density at radius 3 is 2.46 bits per heavy atom. The van der Waals surface area contributed by atoms with Crippen molar-refractivity contribution in [3.8, 4) is 5.75 Å². The van der Waals surface area contributed by atoms with E-state index in [0.29, 0.717) is 44.8 Å². The molecule has 5 heteroatoms. The first-order valence-electron chi connectivity index (χ1n) is 9.59. The van der Waals surface area contributed by atoms with Gasteiger partial charge in [0.1, 0.15) is 5.75 Å². The van der Waals surface area contributed by atoms with Crippen LogP contribution < -0.4 is 10.1 Å². The first-order valence-corrected chi connectivity index (χ1v) is 9.59. The molecule has 1 aliphatic carbocycles. The predicted molar refractivity (Wildman–Crippen MR) is 101 cm³/mol. The lowest BCUT2D eigenvalue weighted by Gasteiger charge is -2.25. The summed E-state index contributed by atoms with van der Waals surface area (Å²) < 4.78 is 5.93. The lowest BCUT2D eigenvalue weighted by atomic mass is 9.81. The molecule has 0 radical (unpaired) electrons. The van der Waals surface area contributed by atoms with E-state index in [-0.39, 0.29) is 17.7 Å². The summed E-state index contributed by atoms with van der Waals surface area (Å²) in [5.41, 5.74) is 2.11. The molecule has 2 rings (SSSR count). The second-order valence-electron chi connectivity index (χ2n) is 7.75. The van der Waals surface area contributed by atoms with Gasteiger partial charge < -0.3 is 15.2 Å². The molecule has 5 nitrogen and oxygen atoms in total. The third-order valence-corrected chi connectivity index (χ3v) is 5.08. The Hall–Kier alpha value is -2.04. The van der Waals surface area contributed by atoms with Crippen molar-refractivity contribution in [2.75, 3.05) is 6.61 Å². The molecule has 1 aromatic carbocycles. The van der Waals surface area contributed by atoms with Crippen LogP contribution in [0.15, 0.2) is 18.2 Å². The van der Waals surface area contributed by atoms with Crippen molar-refractivity contribution in [1.82, 2.24) is 5.32 Å². The number of carboxylic acid groups (broad SMARTS) is 1. The Morgan fingerprint density at radius 1 is 1.19 bits per heavy atom. The molecule has 0 saturated heterocycles. The van der Waals surface area contributed by atoms with E-state index in [4.69, 9.17) is 9.84 Å². The predicted octanol–water partition coefficient (Wildman–Crippen LogP) is 3.93. The van der Waals surface area contributed by atoms with E-state index in [2.05, 4.69) is 19.2 Å².